The number of carbonyl (C=O) groups is 3. The summed E-state index contributed by atoms with van der Waals surface area (Å²) in [6.45, 7) is 0. The number of amides is 2. The molecule has 1 saturated carbocycles. The molecule has 1 heterocycles. The lowest BCUT2D eigenvalue weighted by Crippen LogP contribution is -2.33. The Balaban J connectivity index is 1.42. The van der Waals surface area contributed by atoms with Crippen LogP contribution >= 0.6 is 0 Å². The highest BCUT2D eigenvalue weighted by molar-refractivity contribution is 6.23. The highest BCUT2D eigenvalue weighted by atomic mass is 16.5. The first-order valence-electron chi connectivity index (χ1n) is 12.7. The zero-order chi connectivity index (χ0) is 27.3. The van der Waals surface area contributed by atoms with Crippen LogP contribution in [0, 0.1) is 23.7 Å². The summed E-state index contributed by atoms with van der Waals surface area (Å²) in [5.74, 6) is -0.751. The maximum absolute atomic E-state index is 13.8. The minimum Gasteiger partial charge on any atom is -0.497 e. The number of nitrogens with zero attached hydrogens (tertiary/aromatic N) is 1. The van der Waals surface area contributed by atoms with Crippen molar-refractivity contribution in [1.82, 2.24) is 0 Å². The van der Waals surface area contributed by atoms with Gasteiger partial charge in [0.15, 0.2) is 0 Å². The smallest absolute Gasteiger partial charge is 0.337 e. The largest absolute Gasteiger partial charge is 0.497 e. The van der Waals surface area contributed by atoms with Gasteiger partial charge in [-0.15, -0.1) is 0 Å². The molecule has 2 aliphatic carbocycles. The fourth-order valence-electron chi connectivity index (χ4n) is 6.23. The van der Waals surface area contributed by atoms with Gasteiger partial charge in [0.25, 0.3) is 0 Å². The van der Waals surface area contributed by atoms with Crippen molar-refractivity contribution in [3.63, 3.8) is 0 Å². The quantitative estimate of drug-likeness (QED) is 0.260. The maximum atomic E-state index is 13.8. The van der Waals surface area contributed by atoms with E-state index in [1.807, 2.05) is 48.5 Å². The summed E-state index contributed by atoms with van der Waals surface area (Å²) in [6, 6.07) is 22.1. The van der Waals surface area contributed by atoms with Gasteiger partial charge in [-0.05, 0) is 70.8 Å². The average molecular weight is 522 g/mol. The standard InChI is InChI=1S/C32H27NO6/c1-37-22-12-6-18(7-13-22)26(19-8-14-23(38-2)15-9-19)27-24-16-17-25(27)29-28(24)30(34)33(31(29)35)21-10-4-20(5-11-21)32(36)39-3/h4-17,24-25,28-29H,1-3H3/t24-,25-,28+,29+/m0/s1. The first-order valence-corrected chi connectivity index (χ1v) is 12.7. The fourth-order valence-corrected chi connectivity index (χ4v) is 6.23. The van der Waals surface area contributed by atoms with Gasteiger partial charge >= 0.3 is 5.97 Å². The molecule has 6 rings (SSSR count). The Bertz CT molecular complexity index is 1430. The molecule has 1 aliphatic heterocycles. The Kier molecular flexibility index (Phi) is 6.06. The molecule has 0 radical (unpaired) electrons. The Morgan fingerprint density at radius 2 is 1.08 bits per heavy atom. The molecule has 4 atom stereocenters. The maximum Gasteiger partial charge on any atom is 0.337 e. The molecule has 7 nitrogen and oxygen atoms in total. The first kappa shape index (κ1) is 24.7. The monoisotopic (exact) mass is 521 g/mol. The van der Waals surface area contributed by atoms with E-state index in [2.05, 4.69) is 12.2 Å². The summed E-state index contributed by atoms with van der Waals surface area (Å²) in [7, 11) is 4.57. The van der Waals surface area contributed by atoms with Gasteiger partial charge in [0.05, 0.1) is 44.4 Å². The minimum absolute atomic E-state index is 0.199. The number of fused-ring (bicyclic) bond motifs is 5. The Labute approximate surface area is 226 Å². The van der Waals surface area contributed by atoms with Crippen molar-refractivity contribution in [1.29, 1.82) is 0 Å². The molecular weight excluding hydrogens is 494 g/mol. The number of ether oxygens (including phenoxy) is 3. The summed E-state index contributed by atoms with van der Waals surface area (Å²) < 4.78 is 15.5. The zero-order valence-corrected chi connectivity index (χ0v) is 21.8. The van der Waals surface area contributed by atoms with E-state index in [0.29, 0.717) is 11.3 Å². The van der Waals surface area contributed by atoms with E-state index in [1.165, 1.54) is 12.0 Å². The topological polar surface area (TPSA) is 82.1 Å². The fraction of sp³-hybridized carbons (Fsp3) is 0.219. The Morgan fingerprint density at radius 1 is 0.641 bits per heavy atom. The summed E-state index contributed by atoms with van der Waals surface area (Å²) in [5, 5.41) is 0. The second kappa shape index (κ2) is 9.58. The third-order valence-electron chi connectivity index (χ3n) is 8.01. The van der Waals surface area contributed by atoms with Gasteiger partial charge in [-0.1, -0.05) is 36.4 Å². The number of hydrogen-bond donors (Lipinski definition) is 0. The number of allylic oxidation sites excluding steroid dienone is 3. The van der Waals surface area contributed by atoms with E-state index in [-0.39, 0.29) is 23.7 Å². The number of imide groups is 1. The number of hydrogen-bond acceptors (Lipinski definition) is 6. The molecule has 2 bridgehead atoms. The Hall–Kier alpha value is -4.65. The van der Waals surface area contributed by atoms with E-state index in [4.69, 9.17) is 14.2 Å². The predicted octanol–water partition coefficient (Wildman–Crippen LogP) is 4.91. The number of esters is 1. The van der Waals surface area contributed by atoms with Crippen LogP contribution in [0.5, 0.6) is 11.5 Å². The van der Waals surface area contributed by atoms with Crippen molar-refractivity contribution < 1.29 is 28.6 Å². The highest BCUT2D eigenvalue weighted by Crippen LogP contribution is 2.59. The van der Waals surface area contributed by atoms with Crippen molar-refractivity contribution in [3.05, 3.63) is 107 Å². The molecule has 3 aromatic carbocycles. The molecule has 1 saturated heterocycles. The minimum atomic E-state index is -0.478. The van der Waals surface area contributed by atoms with Gasteiger partial charge in [0.2, 0.25) is 11.8 Å². The van der Waals surface area contributed by atoms with Crippen LogP contribution < -0.4 is 14.4 Å². The van der Waals surface area contributed by atoms with Crippen molar-refractivity contribution in [2.24, 2.45) is 23.7 Å². The number of benzene rings is 3. The third-order valence-corrected chi connectivity index (χ3v) is 8.01. The van der Waals surface area contributed by atoms with Crippen molar-refractivity contribution in [2.45, 2.75) is 0 Å². The van der Waals surface area contributed by atoms with Crippen molar-refractivity contribution in [3.8, 4) is 11.5 Å². The summed E-state index contributed by atoms with van der Waals surface area (Å²) in [6.07, 6.45) is 4.15. The molecule has 2 fully saturated rings. The van der Waals surface area contributed by atoms with E-state index in [9.17, 15) is 14.4 Å². The predicted molar refractivity (Wildman–Crippen MR) is 145 cm³/mol. The van der Waals surface area contributed by atoms with Crippen LogP contribution in [0.15, 0.2) is 90.5 Å². The molecule has 0 unspecified atom stereocenters. The molecule has 0 N–H and O–H groups in total. The van der Waals surface area contributed by atoms with Crippen LogP contribution in [0.2, 0.25) is 0 Å². The normalized spacial score (nSPS) is 22.7. The van der Waals surface area contributed by atoms with Crippen LogP contribution in [0.4, 0.5) is 5.69 Å². The lowest BCUT2D eigenvalue weighted by molar-refractivity contribution is -0.122. The van der Waals surface area contributed by atoms with Gasteiger partial charge < -0.3 is 14.2 Å². The molecule has 3 aliphatic rings. The van der Waals surface area contributed by atoms with E-state index < -0.39 is 17.8 Å². The first-order chi connectivity index (χ1) is 19.0. The summed E-state index contributed by atoms with van der Waals surface area (Å²) >= 11 is 0. The molecule has 196 valence electrons. The molecule has 2 amide bonds. The van der Waals surface area contributed by atoms with Gasteiger partial charge in [-0.25, -0.2) is 9.69 Å². The number of carbonyl (C=O) groups excluding carboxylic acids is 3. The van der Waals surface area contributed by atoms with Crippen LogP contribution in [0.25, 0.3) is 5.57 Å². The third kappa shape index (κ3) is 3.84. The number of anilines is 1. The second-order valence-corrected chi connectivity index (χ2v) is 9.83. The van der Waals surface area contributed by atoms with Crippen molar-refractivity contribution >= 4 is 29.0 Å². The lowest BCUT2D eigenvalue weighted by Gasteiger charge is -2.22. The van der Waals surface area contributed by atoms with E-state index >= 15 is 0 Å². The lowest BCUT2D eigenvalue weighted by atomic mass is 9.85. The molecular formula is C32H27NO6. The zero-order valence-electron chi connectivity index (χ0n) is 21.8. The Morgan fingerprint density at radius 3 is 1.49 bits per heavy atom. The molecule has 39 heavy (non-hydrogen) atoms. The SMILES string of the molecule is COC(=O)c1ccc(N2C(=O)[C@H]3[C@H](C2=O)[C@H]2C=C[C@H]3C2=C(c2ccc(OC)cc2)c2ccc(OC)cc2)cc1. The van der Waals surface area contributed by atoms with E-state index in [0.717, 1.165) is 33.8 Å². The molecule has 7 heteroatoms. The van der Waals surface area contributed by atoms with Crippen LogP contribution in [0.1, 0.15) is 21.5 Å². The number of methoxy groups -OCH3 is 3. The van der Waals surface area contributed by atoms with Gasteiger partial charge in [0.1, 0.15) is 11.5 Å². The van der Waals surface area contributed by atoms with Crippen molar-refractivity contribution in [2.75, 3.05) is 26.2 Å². The molecule has 3 aromatic rings. The highest BCUT2D eigenvalue weighted by Gasteiger charge is 2.62. The van der Waals surface area contributed by atoms with E-state index in [1.54, 1.807) is 38.5 Å². The average Bonchev–Trinajstić information content (AvgIpc) is 3.62. The molecule has 0 aromatic heterocycles. The van der Waals surface area contributed by atoms with Crippen LogP contribution in [0.3, 0.4) is 0 Å². The van der Waals surface area contributed by atoms with Crippen LogP contribution in [-0.2, 0) is 14.3 Å². The van der Waals surface area contributed by atoms with Gasteiger partial charge in [-0.2, -0.15) is 0 Å². The van der Waals surface area contributed by atoms with Crippen LogP contribution in [-0.4, -0.2) is 39.1 Å². The summed E-state index contributed by atoms with van der Waals surface area (Å²) in [5.41, 5.74) is 4.90. The molecule has 0 spiro atoms. The second-order valence-electron chi connectivity index (χ2n) is 9.83. The van der Waals surface area contributed by atoms with Gasteiger partial charge in [0, 0.05) is 11.8 Å². The number of rotatable bonds is 6. The summed E-state index contributed by atoms with van der Waals surface area (Å²) in [4.78, 5) is 40.7. The van der Waals surface area contributed by atoms with Gasteiger partial charge in [-0.3, -0.25) is 9.59 Å².